The smallest absolute Gasteiger partial charge is 0.305 e. The van der Waals surface area contributed by atoms with E-state index in [9.17, 15) is 9.59 Å². The van der Waals surface area contributed by atoms with Crippen LogP contribution in [-0.2, 0) is 4.79 Å². The van der Waals surface area contributed by atoms with Gasteiger partial charge in [-0.1, -0.05) is 25.8 Å². The van der Waals surface area contributed by atoms with E-state index in [1.165, 1.54) is 17.8 Å². The third kappa shape index (κ3) is 3.60. The molecule has 1 aliphatic carbocycles. The highest BCUT2D eigenvalue weighted by Gasteiger charge is 2.31. The van der Waals surface area contributed by atoms with Crippen molar-refractivity contribution >= 4 is 23.2 Å². The second-order valence-corrected chi connectivity index (χ2v) is 6.40. The second kappa shape index (κ2) is 6.88. The molecule has 2 rings (SSSR count). The summed E-state index contributed by atoms with van der Waals surface area (Å²) in [6, 6.07) is 3.85. The number of aliphatic carboxylic acids is 1. The molecule has 1 aliphatic rings. The van der Waals surface area contributed by atoms with E-state index in [2.05, 4.69) is 6.92 Å². The van der Waals surface area contributed by atoms with Gasteiger partial charge in [0.1, 0.15) is 0 Å². The first kappa shape index (κ1) is 15.0. The lowest BCUT2D eigenvalue weighted by Gasteiger charge is -2.38. The fourth-order valence-corrected chi connectivity index (χ4v) is 3.61. The Morgan fingerprint density at radius 3 is 2.75 bits per heavy atom. The summed E-state index contributed by atoms with van der Waals surface area (Å²) in [4.78, 5) is 25.9. The zero-order valence-corrected chi connectivity index (χ0v) is 12.6. The zero-order valence-electron chi connectivity index (χ0n) is 11.7. The first-order valence-electron chi connectivity index (χ1n) is 7.16. The molecular weight excluding hydrogens is 274 g/mol. The van der Waals surface area contributed by atoms with Crippen LogP contribution < -0.4 is 0 Å². The molecule has 1 fully saturated rings. The van der Waals surface area contributed by atoms with Gasteiger partial charge in [-0.15, -0.1) is 11.3 Å². The minimum atomic E-state index is -0.850. The molecule has 1 heterocycles. The van der Waals surface area contributed by atoms with E-state index >= 15 is 0 Å². The van der Waals surface area contributed by atoms with Gasteiger partial charge in [-0.3, -0.25) is 9.59 Å². The topological polar surface area (TPSA) is 57.6 Å². The van der Waals surface area contributed by atoms with E-state index in [4.69, 9.17) is 5.11 Å². The summed E-state index contributed by atoms with van der Waals surface area (Å²) in [5.41, 5.74) is 0. The number of carbonyl (C=O) groups is 2. The van der Waals surface area contributed by atoms with Crippen molar-refractivity contribution < 1.29 is 14.7 Å². The standard InChI is InChI=1S/C15H21NO3S/c1-11-5-2-3-6-12(11)16(9-8-14(17)18)15(19)13-7-4-10-20-13/h4,7,10-12H,2-3,5-6,8-9H2,1H3,(H,17,18). The maximum atomic E-state index is 12.6. The Morgan fingerprint density at radius 1 is 1.40 bits per heavy atom. The number of thiophene rings is 1. The molecule has 2 unspecified atom stereocenters. The molecule has 4 nitrogen and oxygen atoms in total. The van der Waals surface area contributed by atoms with Crippen molar-refractivity contribution in [2.24, 2.45) is 5.92 Å². The molecule has 0 aromatic carbocycles. The number of carbonyl (C=O) groups excluding carboxylic acids is 1. The largest absolute Gasteiger partial charge is 0.481 e. The Bertz CT molecular complexity index is 458. The van der Waals surface area contributed by atoms with Gasteiger partial charge < -0.3 is 10.0 Å². The van der Waals surface area contributed by atoms with E-state index in [1.807, 2.05) is 17.5 Å². The van der Waals surface area contributed by atoms with E-state index in [0.29, 0.717) is 17.3 Å². The quantitative estimate of drug-likeness (QED) is 0.907. The van der Waals surface area contributed by atoms with Gasteiger partial charge in [-0.25, -0.2) is 0 Å². The van der Waals surface area contributed by atoms with Gasteiger partial charge in [0.05, 0.1) is 11.3 Å². The predicted molar refractivity (Wildman–Crippen MR) is 79.0 cm³/mol. The van der Waals surface area contributed by atoms with E-state index in [-0.39, 0.29) is 18.4 Å². The van der Waals surface area contributed by atoms with Gasteiger partial charge in [-0.05, 0) is 30.2 Å². The highest BCUT2D eigenvalue weighted by Crippen LogP contribution is 2.29. The summed E-state index contributed by atoms with van der Waals surface area (Å²) in [6.07, 6.45) is 4.44. The number of hydrogen-bond acceptors (Lipinski definition) is 3. The average Bonchev–Trinajstić information content (AvgIpc) is 2.94. The third-order valence-electron chi connectivity index (χ3n) is 4.03. The van der Waals surface area contributed by atoms with Gasteiger partial charge in [0.25, 0.3) is 5.91 Å². The molecule has 110 valence electrons. The Balaban J connectivity index is 2.14. The summed E-state index contributed by atoms with van der Waals surface area (Å²) in [5, 5.41) is 10.8. The number of carboxylic acids is 1. The summed E-state index contributed by atoms with van der Waals surface area (Å²) >= 11 is 1.42. The molecule has 1 aromatic rings. The zero-order chi connectivity index (χ0) is 14.5. The highest BCUT2D eigenvalue weighted by atomic mass is 32.1. The van der Waals surface area contributed by atoms with Crippen molar-refractivity contribution in [1.82, 2.24) is 4.90 Å². The van der Waals surface area contributed by atoms with Gasteiger partial charge in [0, 0.05) is 12.6 Å². The fraction of sp³-hybridized carbons (Fsp3) is 0.600. The van der Waals surface area contributed by atoms with Crippen LogP contribution in [-0.4, -0.2) is 34.5 Å². The van der Waals surface area contributed by atoms with Crippen molar-refractivity contribution in [3.63, 3.8) is 0 Å². The van der Waals surface area contributed by atoms with Crippen LogP contribution in [0.4, 0.5) is 0 Å². The van der Waals surface area contributed by atoms with Crippen molar-refractivity contribution in [1.29, 1.82) is 0 Å². The number of amides is 1. The van der Waals surface area contributed by atoms with Crippen LogP contribution in [0.2, 0.25) is 0 Å². The van der Waals surface area contributed by atoms with Crippen LogP contribution >= 0.6 is 11.3 Å². The van der Waals surface area contributed by atoms with Crippen molar-refractivity contribution in [3.05, 3.63) is 22.4 Å². The van der Waals surface area contributed by atoms with Gasteiger partial charge in [0.2, 0.25) is 0 Å². The molecule has 0 aliphatic heterocycles. The Kier molecular flexibility index (Phi) is 5.17. The van der Waals surface area contributed by atoms with Crippen LogP contribution in [0.1, 0.15) is 48.7 Å². The van der Waals surface area contributed by atoms with Gasteiger partial charge in [0.15, 0.2) is 0 Å². The summed E-state index contributed by atoms with van der Waals surface area (Å²) in [6.45, 7) is 2.47. The average molecular weight is 295 g/mol. The van der Waals surface area contributed by atoms with E-state index in [0.717, 1.165) is 19.3 Å². The molecule has 5 heteroatoms. The SMILES string of the molecule is CC1CCCCC1N(CCC(=O)O)C(=O)c1cccs1. The third-order valence-corrected chi connectivity index (χ3v) is 4.88. The van der Waals surface area contributed by atoms with Crippen molar-refractivity contribution in [3.8, 4) is 0 Å². The van der Waals surface area contributed by atoms with Crippen LogP contribution in [0.15, 0.2) is 17.5 Å². The number of carboxylic acid groups (broad SMARTS) is 1. The molecule has 1 aromatic heterocycles. The highest BCUT2D eigenvalue weighted by molar-refractivity contribution is 7.12. The molecular formula is C15H21NO3S. The van der Waals surface area contributed by atoms with E-state index < -0.39 is 5.97 Å². The summed E-state index contributed by atoms with van der Waals surface area (Å²) in [7, 11) is 0. The molecule has 1 N–H and O–H groups in total. The Morgan fingerprint density at radius 2 is 2.15 bits per heavy atom. The molecule has 1 amide bonds. The Labute approximate surface area is 123 Å². The number of rotatable bonds is 5. The molecule has 1 saturated carbocycles. The molecule has 20 heavy (non-hydrogen) atoms. The maximum Gasteiger partial charge on any atom is 0.305 e. The Hall–Kier alpha value is -1.36. The van der Waals surface area contributed by atoms with Gasteiger partial charge in [-0.2, -0.15) is 0 Å². The normalized spacial score (nSPS) is 22.4. The number of nitrogens with zero attached hydrogens (tertiary/aromatic N) is 1. The molecule has 2 atom stereocenters. The first-order chi connectivity index (χ1) is 9.59. The summed E-state index contributed by atoms with van der Waals surface area (Å²) < 4.78 is 0. The van der Waals surface area contributed by atoms with E-state index in [1.54, 1.807) is 4.90 Å². The first-order valence-corrected chi connectivity index (χ1v) is 8.04. The van der Waals surface area contributed by atoms with Crippen LogP contribution in [0.25, 0.3) is 0 Å². The molecule has 0 bridgehead atoms. The van der Waals surface area contributed by atoms with Crippen molar-refractivity contribution in [2.45, 2.75) is 45.1 Å². The van der Waals surface area contributed by atoms with Gasteiger partial charge >= 0.3 is 5.97 Å². The maximum absolute atomic E-state index is 12.6. The number of hydrogen-bond donors (Lipinski definition) is 1. The minimum Gasteiger partial charge on any atom is -0.481 e. The van der Waals surface area contributed by atoms with Crippen LogP contribution in [0, 0.1) is 5.92 Å². The predicted octanol–water partition coefficient (Wildman–Crippen LogP) is 3.24. The molecule has 0 radical (unpaired) electrons. The minimum absolute atomic E-state index is 0.0139. The lowest BCUT2D eigenvalue weighted by Crippen LogP contribution is -2.46. The fourth-order valence-electron chi connectivity index (χ4n) is 2.94. The van der Waals surface area contributed by atoms with Crippen LogP contribution in [0.3, 0.4) is 0 Å². The second-order valence-electron chi connectivity index (χ2n) is 5.45. The lowest BCUT2D eigenvalue weighted by molar-refractivity contribution is -0.137. The van der Waals surface area contributed by atoms with Crippen LogP contribution in [0.5, 0.6) is 0 Å². The molecule has 0 saturated heterocycles. The molecule has 0 spiro atoms. The summed E-state index contributed by atoms with van der Waals surface area (Å²) in [5.74, 6) is -0.418. The lowest BCUT2D eigenvalue weighted by atomic mass is 9.84. The van der Waals surface area contributed by atoms with Crippen molar-refractivity contribution in [2.75, 3.05) is 6.54 Å². The monoisotopic (exact) mass is 295 g/mol.